The molecule has 1 amide bonds. The Hall–Kier alpha value is -3.21. The summed E-state index contributed by atoms with van der Waals surface area (Å²) in [5.41, 5.74) is 5.36. The fourth-order valence-corrected chi connectivity index (χ4v) is 2.60. The number of anilines is 2. The van der Waals surface area contributed by atoms with E-state index in [9.17, 15) is 4.79 Å². The SMILES string of the molecule is Cc1ccc(Nc2nc(C)cc(C(=O)NCc3cccc(C)c3)n2)cc1. The highest BCUT2D eigenvalue weighted by molar-refractivity contribution is 5.92. The zero-order valence-corrected chi connectivity index (χ0v) is 15.2. The molecule has 0 fully saturated rings. The van der Waals surface area contributed by atoms with Gasteiger partial charge in [-0.1, -0.05) is 47.5 Å². The Balaban J connectivity index is 1.71. The number of benzene rings is 2. The van der Waals surface area contributed by atoms with Gasteiger partial charge in [-0.15, -0.1) is 0 Å². The first kappa shape index (κ1) is 17.6. The summed E-state index contributed by atoms with van der Waals surface area (Å²) in [6.07, 6.45) is 0. The number of aromatic nitrogens is 2. The number of carbonyl (C=O) groups is 1. The van der Waals surface area contributed by atoms with Crippen molar-refractivity contribution in [3.63, 3.8) is 0 Å². The van der Waals surface area contributed by atoms with Crippen LogP contribution >= 0.6 is 0 Å². The van der Waals surface area contributed by atoms with Crippen molar-refractivity contribution >= 4 is 17.5 Å². The van der Waals surface area contributed by atoms with E-state index >= 15 is 0 Å². The lowest BCUT2D eigenvalue weighted by Crippen LogP contribution is -2.24. The van der Waals surface area contributed by atoms with Gasteiger partial charge in [-0.25, -0.2) is 9.97 Å². The third-order valence-corrected chi connectivity index (χ3v) is 3.93. The predicted octanol–water partition coefficient (Wildman–Crippen LogP) is 4.08. The van der Waals surface area contributed by atoms with Gasteiger partial charge in [0.1, 0.15) is 5.69 Å². The summed E-state index contributed by atoms with van der Waals surface area (Å²) >= 11 is 0. The molecule has 0 aliphatic heterocycles. The summed E-state index contributed by atoms with van der Waals surface area (Å²) in [5, 5.41) is 6.06. The third-order valence-electron chi connectivity index (χ3n) is 3.93. The molecule has 2 N–H and O–H groups in total. The lowest BCUT2D eigenvalue weighted by molar-refractivity contribution is 0.0945. The summed E-state index contributed by atoms with van der Waals surface area (Å²) in [6, 6.07) is 17.7. The number of nitrogens with one attached hydrogen (secondary N) is 2. The Morgan fingerprint density at radius 1 is 0.923 bits per heavy atom. The molecule has 0 atom stereocenters. The molecule has 0 unspecified atom stereocenters. The van der Waals surface area contributed by atoms with Gasteiger partial charge in [0.25, 0.3) is 5.91 Å². The third kappa shape index (κ3) is 4.66. The largest absolute Gasteiger partial charge is 0.347 e. The van der Waals surface area contributed by atoms with Gasteiger partial charge >= 0.3 is 0 Å². The van der Waals surface area contributed by atoms with Crippen LogP contribution in [0.15, 0.2) is 54.6 Å². The second-order valence-electron chi connectivity index (χ2n) is 6.38. The van der Waals surface area contributed by atoms with E-state index in [1.807, 2.05) is 63.2 Å². The van der Waals surface area contributed by atoms with Crippen molar-refractivity contribution in [1.82, 2.24) is 15.3 Å². The van der Waals surface area contributed by atoms with Crippen molar-refractivity contribution in [2.24, 2.45) is 0 Å². The number of carbonyl (C=O) groups excluding carboxylic acids is 1. The number of amides is 1. The van der Waals surface area contributed by atoms with E-state index in [1.165, 1.54) is 11.1 Å². The maximum atomic E-state index is 12.5. The standard InChI is InChI=1S/C21H22N4O/c1-14-7-9-18(10-8-14)24-21-23-16(3)12-19(25-21)20(26)22-13-17-6-4-5-15(2)11-17/h4-12H,13H2,1-3H3,(H,22,26)(H,23,24,25). The van der Waals surface area contributed by atoms with Gasteiger partial charge < -0.3 is 10.6 Å². The van der Waals surface area contributed by atoms with E-state index < -0.39 is 0 Å². The molecule has 0 radical (unpaired) electrons. The van der Waals surface area contributed by atoms with E-state index in [1.54, 1.807) is 6.07 Å². The van der Waals surface area contributed by atoms with Crippen molar-refractivity contribution in [2.45, 2.75) is 27.3 Å². The number of hydrogen-bond acceptors (Lipinski definition) is 4. The molecule has 0 saturated carbocycles. The van der Waals surface area contributed by atoms with Gasteiger partial charge in [0, 0.05) is 17.9 Å². The molecule has 0 spiro atoms. The molecule has 1 heterocycles. The van der Waals surface area contributed by atoms with Gasteiger partial charge in [-0.2, -0.15) is 0 Å². The van der Waals surface area contributed by atoms with Gasteiger partial charge in [-0.05, 0) is 44.5 Å². The molecule has 0 aliphatic rings. The van der Waals surface area contributed by atoms with Crippen LogP contribution in [0.5, 0.6) is 0 Å². The number of hydrogen-bond donors (Lipinski definition) is 2. The van der Waals surface area contributed by atoms with Crippen LogP contribution in [-0.4, -0.2) is 15.9 Å². The van der Waals surface area contributed by atoms with Crippen molar-refractivity contribution in [3.8, 4) is 0 Å². The molecular weight excluding hydrogens is 324 g/mol. The molecule has 0 bridgehead atoms. The highest BCUT2D eigenvalue weighted by atomic mass is 16.1. The Labute approximate surface area is 153 Å². The van der Waals surface area contributed by atoms with E-state index in [-0.39, 0.29) is 5.91 Å². The highest BCUT2D eigenvalue weighted by Crippen LogP contribution is 2.15. The first-order valence-electron chi connectivity index (χ1n) is 8.53. The zero-order valence-electron chi connectivity index (χ0n) is 15.2. The topological polar surface area (TPSA) is 66.9 Å². The molecular formula is C21H22N4O. The second kappa shape index (κ2) is 7.78. The average Bonchev–Trinajstić information content (AvgIpc) is 2.61. The first-order valence-corrected chi connectivity index (χ1v) is 8.53. The maximum absolute atomic E-state index is 12.5. The molecule has 5 nitrogen and oxygen atoms in total. The Kier molecular flexibility index (Phi) is 5.27. The van der Waals surface area contributed by atoms with E-state index in [4.69, 9.17) is 0 Å². The van der Waals surface area contributed by atoms with Crippen molar-refractivity contribution < 1.29 is 4.79 Å². The zero-order chi connectivity index (χ0) is 18.5. The molecule has 26 heavy (non-hydrogen) atoms. The quantitative estimate of drug-likeness (QED) is 0.731. The molecule has 0 aliphatic carbocycles. The van der Waals surface area contributed by atoms with Crippen LogP contribution in [-0.2, 0) is 6.54 Å². The summed E-state index contributed by atoms with van der Waals surface area (Å²) < 4.78 is 0. The lowest BCUT2D eigenvalue weighted by Gasteiger charge is -2.09. The molecule has 132 valence electrons. The minimum absolute atomic E-state index is 0.219. The van der Waals surface area contributed by atoms with Crippen LogP contribution in [0.3, 0.4) is 0 Å². The average molecular weight is 346 g/mol. The highest BCUT2D eigenvalue weighted by Gasteiger charge is 2.11. The van der Waals surface area contributed by atoms with Crippen LogP contribution in [0.4, 0.5) is 11.6 Å². The van der Waals surface area contributed by atoms with Gasteiger partial charge in [-0.3, -0.25) is 4.79 Å². The summed E-state index contributed by atoms with van der Waals surface area (Å²) in [7, 11) is 0. The van der Waals surface area contributed by atoms with E-state index in [0.29, 0.717) is 18.2 Å². The summed E-state index contributed by atoms with van der Waals surface area (Å²) in [6.45, 7) is 6.37. The molecule has 2 aromatic carbocycles. The van der Waals surface area contributed by atoms with Crippen LogP contribution in [0.2, 0.25) is 0 Å². The van der Waals surface area contributed by atoms with Crippen molar-refractivity contribution in [3.05, 3.63) is 82.7 Å². The first-order chi connectivity index (χ1) is 12.5. The fourth-order valence-electron chi connectivity index (χ4n) is 2.60. The van der Waals surface area contributed by atoms with Gasteiger partial charge in [0.15, 0.2) is 0 Å². The van der Waals surface area contributed by atoms with Crippen molar-refractivity contribution in [1.29, 1.82) is 0 Å². The monoisotopic (exact) mass is 346 g/mol. The van der Waals surface area contributed by atoms with E-state index in [2.05, 4.69) is 26.7 Å². The number of rotatable bonds is 5. The van der Waals surface area contributed by atoms with Crippen LogP contribution in [0, 0.1) is 20.8 Å². The van der Waals surface area contributed by atoms with E-state index in [0.717, 1.165) is 16.9 Å². The summed E-state index contributed by atoms with van der Waals surface area (Å²) in [5.74, 6) is 0.193. The van der Waals surface area contributed by atoms with Crippen LogP contribution in [0.1, 0.15) is 32.9 Å². The molecule has 5 heteroatoms. The lowest BCUT2D eigenvalue weighted by atomic mass is 10.1. The normalized spacial score (nSPS) is 10.4. The molecule has 3 aromatic rings. The Morgan fingerprint density at radius 3 is 2.42 bits per heavy atom. The minimum atomic E-state index is -0.219. The Bertz CT molecular complexity index is 920. The molecule has 0 saturated heterocycles. The smallest absolute Gasteiger partial charge is 0.270 e. The fraction of sp³-hybridized carbons (Fsp3) is 0.190. The van der Waals surface area contributed by atoms with Gasteiger partial charge in [0.2, 0.25) is 5.95 Å². The van der Waals surface area contributed by atoms with Crippen LogP contribution in [0.25, 0.3) is 0 Å². The van der Waals surface area contributed by atoms with Crippen LogP contribution < -0.4 is 10.6 Å². The van der Waals surface area contributed by atoms with Gasteiger partial charge in [0.05, 0.1) is 0 Å². The van der Waals surface area contributed by atoms with Crippen molar-refractivity contribution in [2.75, 3.05) is 5.32 Å². The molecule has 1 aromatic heterocycles. The number of nitrogens with zero attached hydrogens (tertiary/aromatic N) is 2. The second-order valence-corrected chi connectivity index (χ2v) is 6.38. The number of aryl methyl sites for hydroxylation is 3. The summed E-state index contributed by atoms with van der Waals surface area (Å²) in [4.78, 5) is 21.2. The molecule has 3 rings (SSSR count). The minimum Gasteiger partial charge on any atom is -0.347 e. The maximum Gasteiger partial charge on any atom is 0.270 e. The predicted molar refractivity (Wildman–Crippen MR) is 104 cm³/mol. The Morgan fingerprint density at radius 2 is 1.69 bits per heavy atom.